The highest BCUT2D eigenvalue weighted by molar-refractivity contribution is 8.00. The minimum Gasteiger partial charge on any atom is -0.329 e. The van der Waals surface area contributed by atoms with Crippen molar-refractivity contribution in [2.75, 3.05) is 20.1 Å². The highest BCUT2D eigenvalue weighted by Gasteiger charge is 2.29. The van der Waals surface area contributed by atoms with Crippen LogP contribution in [-0.4, -0.2) is 30.5 Å². The quantitative estimate of drug-likeness (QED) is 0.803. The largest absolute Gasteiger partial charge is 0.446 e. The first-order chi connectivity index (χ1) is 9.89. The van der Waals surface area contributed by atoms with E-state index in [1.54, 1.807) is 12.1 Å². The van der Waals surface area contributed by atoms with Crippen LogP contribution in [0, 0.1) is 5.92 Å². The zero-order valence-corrected chi connectivity index (χ0v) is 12.9. The molecule has 6 heteroatoms. The second kappa shape index (κ2) is 7.03. The van der Waals surface area contributed by atoms with Crippen LogP contribution in [0.25, 0.3) is 0 Å². The highest BCUT2D eigenvalue weighted by Crippen LogP contribution is 2.37. The van der Waals surface area contributed by atoms with E-state index in [2.05, 4.69) is 4.90 Å². The van der Waals surface area contributed by atoms with Crippen LogP contribution in [0.3, 0.4) is 0 Å². The van der Waals surface area contributed by atoms with Crippen LogP contribution < -0.4 is 5.73 Å². The molecule has 1 aliphatic rings. The molecule has 0 aromatic heterocycles. The summed E-state index contributed by atoms with van der Waals surface area (Å²) in [6, 6.07) is 6.61. The fourth-order valence-corrected chi connectivity index (χ4v) is 3.21. The summed E-state index contributed by atoms with van der Waals surface area (Å²) in [7, 11) is 2.04. The molecule has 21 heavy (non-hydrogen) atoms. The van der Waals surface area contributed by atoms with E-state index in [1.165, 1.54) is 31.4 Å². The van der Waals surface area contributed by atoms with Gasteiger partial charge in [-0.2, -0.15) is 13.2 Å². The third-order valence-electron chi connectivity index (χ3n) is 4.02. The van der Waals surface area contributed by atoms with E-state index in [4.69, 9.17) is 5.73 Å². The number of hydrogen-bond acceptors (Lipinski definition) is 3. The van der Waals surface area contributed by atoms with Crippen LogP contribution in [0.1, 0.15) is 30.9 Å². The fourth-order valence-electron chi connectivity index (χ4n) is 2.67. The van der Waals surface area contributed by atoms with Gasteiger partial charge in [0.1, 0.15) is 0 Å². The third-order valence-corrected chi connectivity index (χ3v) is 4.76. The van der Waals surface area contributed by atoms with E-state index in [1.807, 2.05) is 7.05 Å². The van der Waals surface area contributed by atoms with Gasteiger partial charge in [0.25, 0.3) is 0 Å². The first kappa shape index (κ1) is 16.6. The Bertz CT molecular complexity index is 443. The number of alkyl halides is 3. The molecule has 0 amide bonds. The molecule has 0 aliphatic heterocycles. The van der Waals surface area contributed by atoms with Gasteiger partial charge in [0.15, 0.2) is 0 Å². The van der Waals surface area contributed by atoms with Gasteiger partial charge >= 0.3 is 5.51 Å². The van der Waals surface area contributed by atoms with E-state index in [0.29, 0.717) is 6.54 Å². The van der Waals surface area contributed by atoms with E-state index < -0.39 is 5.51 Å². The van der Waals surface area contributed by atoms with Gasteiger partial charge in [0.2, 0.25) is 0 Å². The van der Waals surface area contributed by atoms with Crippen molar-refractivity contribution in [3.05, 3.63) is 29.8 Å². The Morgan fingerprint density at radius 2 is 1.90 bits per heavy atom. The zero-order valence-electron chi connectivity index (χ0n) is 12.1. The molecule has 2 nitrogen and oxygen atoms in total. The number of nitrogens with two attached hydrogens (primary N) is 1. The summed E-state index contributed by atoms with van der Waals surface area (Å²) in [5.74, 6) is 0.740. The highest BCUT2D eigenvalue weighted by atomic mass is 32.2. The lowest BCUT2D eigenvalue weighted by Gasteiger charge is -2.34. The Labute approximate surface area is 127 Å². The molecule has 1 unspecified atom stereocenters. The Morgan fingerprint density at radius 1 is 1.29 bits per heavy atom. The predicted molar refractivity (Wildman–Crippen MR) is 80.1 cm³/mol. The number of hydrogen-bond donors (Lipinski definition) is 1. The summed E-state index contributed by atoms with van der Waals surface area (Å²) in [6.07, 6.45) is 3.83. The lowest BCUT2D eigenvalue weighted by molar-refractivity contribution is -0.0328. The van der Waals surface area contributed by atoms with Gasteiger partial charge in [-0.3, -0.25) is 4.90 Å². The lowest BCUT2D eigenvalue weighted by atomic mass is 9.85. The number of likely N-dealkylation sites (N-methyl/N-ethyl adjacent to an activating group) is 1. The van der Waals surface area contributed by atoms with Crippen LogP contribution in [0.5, 0.6) is 0 Å². The van der Waals surface area contributed by atoms with Gasteiger partial charge < -0.3 is 5.73 Å². The maximum atomic E-state index is 12.3. The van der Waals surface area contributed by atoms with Gasteiger partial charge in [-0.05, 0) is 55.3 Å². The summed E-state index contributed by atoms with van der Waals surface area (Å²) in [5.41, 5.74) is 2.59. The van der Waals surface area contributed by atoms with Crippen molar-refractivity contribution in [1.82, 2.24) is 4.90 Å². The number of benzene rings is 1. The normalized spacial score (nSPS) is 17.8. The number of halogens is 3. The van der Waals surface area contributed by atoms with Crippen molar-refractivity contribution >= 4 is 11.8 Å². The molecule has 1 fully saturated rings. The maximum Gasteiger partial charge on any atom is 0.446 e. The van der Waals surface area contributed by atoms with Crippen molar-refractivity contribution < 1.29 is 13.2 Å². The number of rotatable bonds is 6. The number of nitrogens with zero attached hydrogens (tertiary/aromatic N) is 1. The second-order valence-electron chi connectivity index (χ2n) is 5.60. The minimum absolute atomic E-state index is 0.0653. The number of thioether (sulfide) groups is 1. The maximum absolute atomic E-state index is 12.3. The monoisotopic (exact) mass is 318 g/mol. The van der Waals surface area contributed by atoms with Gasteiger partial charge in [-0.1, -0.05) is 18.6 Å². The van der Waals surface area contributed by atoms with Crippen LogP contribution in [0.2, 0.25) is 0 Å². The predicted octanol–water partition coefficient (Wildman–Crippen LogP) is 4.03. The van der Waals surface area contributed by atoms with Crippen molar-refractivity contribution in [2.24, 2.45) is 11.7 Å². The molecule has 118 valence electrons. The van der Waals surface area contributed by atoms with E-state index in [-0.39, 0.29) is 22.7 Å². The summed E-state index contributed by atoms with van der Waals surface area (Å²) < 4.78 is 37.0. The molecule has 1 atom stereocenters. The molecular formula is C15H21F3N2S. The molecule has 0 heterocycles. The smallest absolute Gasteiger partial charge is 0.329 e. The molecule has 1 aliphatic carbocycles. The molecular weight excluding hydrogens is 297 g/mol. The lowest BCUT2D eigenvalue weighted by Crippen LogP contribution is -2.36. The molecule has 0 radical (unpaired) electrons. The topological polar surface area (TPSA) is 29.3 Å². The van der Waals surface area contributed by atoms with Crippen molar-refractivity contribution in [1.29, 1.82) is 0 Å². The Hall–Kier alpha value is -0.720. The third kappa shape index (κ3) is 4.90. The average Bonchev–Trinajstić information content (AvgIpc) is 2.35. The average molecular weight is 318 g/mol. The van der Waals surface area contributed by atoms with Gasteiger partial charge in [-0.15, -0.1) is 0 Å². The fraction of sp³-hybridized carbons (Fsp3) is 0.600. The van der Waals surface area contributed by atoms with Gasteiger partial charge in [0.05, 0.1) is 0 Å². The van der Waals surface area contributed by atoms with Gasteiger partial charge in [0, 0.05) is 24.0 Å². The van der Waals surface area contributed by atoms with Crippen molar-refractivity contribution in [3.63, 3.8) is 0 Å². The second-order valence-corrected chi connectivity index (χ2v) is 6.74. The molecule has 2 rings (SSSR count). The van der Waals surface area contributed by atoms with E-state index in [9.17, 15) is 13.2 Å². The van der Waals surface area contributed by atoms with Crippen molar-refractivity contribution in [2.45, 2.75) is 35.7 Å². The molecule has 1 aromatic rings. The van der Waals surface area contributed by atoms with Crippen LogP contribution in [0.15, 0.2) is 29.2 Å². The molecule has 0 bridgehead atoms. The molecule has 1 aromatic carbocycles. The summed E-state index contributed by atoms with van der Waals surface area (Å²) in [5, 5.41) is 0. The van der Waals surface area contributed by atoms with Crippen LogP contribution in [0.4, 0.5) is 13.2 Å². The van der Waals surface area contributed by atoms with Gasteiger partial charge in [-0.25, -0.2) is 0 Å². The molecule has 0 saturated heterocycles. The summed E-state index contributed by atoms with van der Waals surface area (Å²) >= 11 is -0.0843. The van der Waals surface area contributed by atoms with Crippen LogP contribution in [-0.2, 0) is 0 Å². The Morgan fingerprint density at radius 3 is 2.33 bits per heavy atom. The van der Waals surface area contributed by atoms with Crippen molar-refractivity contribution in [3.8, 4) is 0 Å². The Balaban J connectivity index is 2.00. The summed E-state index contributed by atoms with van der Waals surface area (Å²) in [6.45, 7) is 1.47. The standard InChI is InChI=1S/C15H21F3N2S/c1-20(10-11-3-2-4-11)14(9-19)12-5-7-13(8-6-12)21-15(16,17)18/h5-8,11,14H,2-4,9-10,19H2,1H3. The minimum atomic E-state index is -4.24. The summed E-state index contributed by atoms with van der Waals surface area (Å²) in [4.78, 5) is 2.43. The zero-order chi connectivity index (χ0) is 15.5. The molecule has 0 spiro atoms. The first-order valence-corrected chi connectivity index (χ1v) is 7.96. The SMILES string of the molecule is CN(CC1CCC1)C(CN)c1ccc(SC(F)(F)F)cc1. The molecule has 2 N–H and O–H groups in total. The van der Waals surface area contributed by atoms with E-state index >= 15 is 0 Å². The molecule has 1 saturated carbocycles. The van der Waals surface area contributed by atoms with Crippen LogP contribution >= 0.6 is 11.8 Å². The first-order valence-electron chi connectivity index (χ1n) is 7.15. The Kier molecular flexibility index (Phi) is 5.57. The van der Waals surface area contributed by atoms with E-state index in [0.717, 1.165) is 18.0 Å².